The third-order valence-electron chi connectivity index (χ3n) is 4.49. The number of nitrogens with zero attached hydrogens (tertiary/aromatic N) is 3. The van der Waals surface area contributed by atoms with Gasteiger partial charge in [-0.25, -0.2) is 9.78 Å². The van der Waals surface area contributed by atoms with E-state index in [4.69, 9.17) is 32.7 Å². The zero-order chi connectivity index (χ0) is 21.5. The van der Waals surface area contributed by atoms with Gasteiger partial charge in [-0.05, 0) is 24.3 Å². The van der Waals surface area contributed by atoms with E-state index in [-0.39, 0.29) is 11.9 Å². The van der Waals surface area contributed by atoms with Gasteiger partial charge in [0.15, 0.2) is 0 Å². The van der Waals surface area contributed by atoms with E-state index in [2.05, 4.69) is 10.3 Å². The van der Waals surface area contributed by atoms with Crippen LogP contribution >= 0.6 is 23.2 Å². The summed E-state index contributed by atoms with van der Waals surface area (Å²) in [7, 11) is 1.60. The van der Waals surface area contributed by atoms with Crippen LogP contribution in [0.25, 0.3) is 0 Å². The minimum atomic E-state index is -0.247. The molecule has 0 aliphatic carbocycles. The summed E-state index contributed by atoms with van der Waals surface area (Å²) in [5.41, 5.74) is 0.996. The summed E-state index contributed by atoms with van der Waals surface area (Å²) in [5.74, 6) is 0.297. The van der Waals surface area contributed by atoms with Crippen LogP contribution in [0.3, 0.4) is 0 Å². The number of anilines is 1. The molecule has 1 aliphatic heterocycles. The smallest absolute Gasteiger partial charge is 0.322 e. The molecule has 2 aromatic rings. The highest BCUT2D eigenvalue weighted by molar-refractivity contribution is 6.35. The molecule has 1 N–H and O–H groups in total. The first-order chi connectivity index (χ1) is 14.5. The van der Waals surface area contributed by atoms with E-state index in [1.807, 2.05) is 0 Å². The van der Waals surface area contributed by atoms with Crippen LogP contribution in [0.15, 0.2) is 36.5 Å². The van der Waals surface area contributed by atoms with E-state index in [1.165, 1.54) is 6.20 Å². The minimum absolute atomic E-state index is 0.160. The Morgan fingerprint density at radius 1 is 1.03 bits per heavy atom. The van der Waals surface area contributed by atoms with E-state index >= 15 is 0 Å². The topological polar surface area (TPSA) is 84.0 Å². The Hall–Kier alpha value is -2.55. The van der Waals surface area contributed by atoms with Crippen molar-refractivity contribution >= 4 is 40.8 Å². The average molecular weight is 453 g/mol. The number of carbonyl (C=O) groups is 2. The number of methoxy groups -OCH3 is 1. The fraction of sp³-hybridized carbons (Fsp3) is 0.350. The lowest BCUT2D eigenvalue weighted by Gasteiger charge is -2.34. The molecule has 30 heavy (non-hydrogen) atoms. The lowest BCUT2D eigenvalue weighted by molar-refractivity contribution is 0.0671. The normalized spacial score (nSPS) is 13.8. The van der Waals surface area contributed by atoms with Crippen LogP contribution in [-0.4, -0.2) is 73.2 Å². The van der Waals surface area contributed by atoms with E-state index < -0.39 is 0 Å². The van der Waals surface area contributed by atoms with Crippen molar-refractivity contribution in [2.24, 2.45) is 0 Å². The highest BCUT2D eigenvalue weighted by Gasteiger charge is 2.25. The van der Waals surface area contributed by atoms with Crippen LogP contribution < -0.4 is 10.1 Å². The van der Waals surface area contributed by atoms with Crippen molar-refractivity contribution in [1.82, 2.24) is 14.8 Å². The molecule has 0 radical (unpaired) electrons. The first-order valence-electron chi connectivity index (χ1n) is 9.35. The second-order valence-corrected chi connectivity index (χ2v) is 7.47. The maximum atomic E-state index is 12.7. The molecule has 1 fully saturated rings. The van der Waals surface area contributed by atoms with Crippen LogP contribution in [0.5, 0.6) is 5.88 Å². The molecule has 3 amide bonds. The summed E-state index contributed by atoms with van der Waals surface area (Å²) in [6.07, 6.45) is 1.53. The van der Waals surface area contributed by atoms with Gasteiger partial charge in [-0.1, -0.05) is 23.2 Å². The summed E-state index contributed by atoms with van der Waals surface area (Å²) in [4.78, 5) is 32.6. The van der Waals surface area contributed by atoms with Gasteiger partial charge in [-0.15, -0.1) is 0 Å². The molecule has 0 bridgehead atoms. The number of halogens is 2. The Bertz CT molecular complexity index is 867. The van der Waals surface area contributed by atoms with Crippen molar-refractivity contribution in [3.05, 3.63) is 52.1 Å². The number of aromatic nitrogens is 1. The van der Waals surface area contributed by atoms with Gasteiger partial charge in [0, 0.05) is 55.0 Å². The minimum Gasteiger partial charge on any atom is -0.475 e. The number of urea groups is 1. The summed E-state index contributed by atoms with van der Waals surface area (Å²) in [6.45, 7) is 2.54. The maximum absolute atomic E-state index is 12.7. The molecule has 1 aromatic carbocycles. The first-order valence-corrected chi connectivity index (χ1v) is 10.1. The quantitative estimate of drug-likeness (QED) is 0.678. The summed E-state index contributed by atoms with van der Waals surface area (Å²) >= 11 is 12.0. The van der Waals surface area contributed by atoms with Crippen molar-refractivity contribution < 1.29 is 19.1 Å². The Morgan fingerprint density at radius 2 is 1.70 bits per heavy atom. The highest BCUT2D eigenvalue weighted by Crippen LogP contribution is 2.21. The number of carbonyl (C=O) groups excluding carboxylic acids is 2. The van der Waals surface area contributed by atoms with Gasteiger partial charge in [-0.2, -0.15) is 0 Å². The largest absolute Gasteiger partial charge is 0.475 e. The molecular formula is C20H22Cl2N4O4. The van der Waals surface area contributed by atoms with Gasteiger partial charge in [0.1, 0.15) is 6.61 Å². The number of pyridine rings is 1. The third-order valence-corrected chi connectivity index (χ3v) is 4.93. The number of amides is 3. The van der Waals surface area contributed by atoms with Gasteiger partial charge < -0.3 is 24.6 Å². The molecule has 160 valence electrons. The number of hydrogen-bond acceptors (Lipinski definition) is 5. The van der Waals surface area contributed by atoms with Crippen molar-refractivity contribution in [3.8, 4) is 5.88 Å². The van der Waals surface area contributed by atoms with Crippen LogP contribution in [0.4, 0.5) is 10.5 Å². The van der Waals surface area contributed by atoms with Gasteiger partial charge in [0.2, 0.25) is 5.88 Å². The second-order valence-electron chi connectivity index (χ2n) is 6.59. The molecule has 0 spiro atoms. The van der Waals surface area contributed by atoms with E-state index in [0.717, 1.165) is 0 Å². The zero-order valence-corrected chi connectivity index (χ0v) is 17.9. The number of nitrogens with one attached hydrogen (secondary N) is 1. The molecule has 10 heteroatoms. The predicted molar refractivity (Wildman–Crippen MR) is 115 cm³/mol. The lowest BCUT2D eigenvalue weighted by atomic mass is 10.2. The molecule has 8 nitrogen and oxygen atoms in total. The fourth-order valence-corrected chi connectivity index (χ4v) is 3.47. The van der Waals surface area contributed by atoms with E-state index in [9.17, 15) is 9.59 Å². The van der Waals surface area contributed by atoms with Gasteiger partial charge in [-0.3, -0.25) is 4.79 Å². The molecule has 0 atom stereocenters. The average Bonchev–Trinajstić information content (AvgIpc) is 2.74. The van der Waals surface area contributed by atoms with Crippen LogP contribution in [-0.2, 0) is 4.74 Å². The number of piperazine rings is 1. The Kier molecular flexibility index (Phi) is 7.73. The lowest BCUT2D eigenvalue weighted by Crippen LogP contribution is -2.51. The fourth-order valence-electron chi connectivity index (χ4n) is 2.94. The number of ether oxygens (including phenoxy) is 2. The highest BCUT2D eigenvalue weighted by atomic mass is 35.5. The predicted octanol–water partition coefficient (Wildman–Crippen LogP) is 3.40. The Morgan fingerprint density at radius 3 is 2.30 bits per heavy atom. The van der Waals surface area contributed by atoms with Crippen molar-refractivity contribution in [2.75, 3.05) is 51.8 Å². The standard InChI is InChI=1S/C20H22Cl2N4O4/c1-29-8-9-30-18-3-2-17(13-23-18)24-20(28)26-6-4-25(5-7-26)19(27)14-10-15(21)12-16(22)11-14/h2-3,10-13H,4-9H2,1H3,(H,24,28). The Labute approximate surface area is 184 Å². The molecule has 1 aliphatic rings. The zero-order valence-electron chi connectivity index (χ0n) is 16.4. The SMILES string of the molecule is COCCOc1ccc(NC(=O)N2CCN(C(=O)c3cc(Cl)cc(Cl)c3)CC2)cn1. The summed E-state index contributed by atoms with van der Waals surface area (Å²) in [5, 5.41) is 3.62. The number of hydrogen-bond donors (Lipinski definition) is 1. The van der Waals surface area contributed by atoms with Crippen LogP contribution in [0.1, 0.15) is 10.4 Å². The molecule has 0 saturated carbocycles. The second kappa shape index (κ2) is 10.5. The monoisotopic (exact) mass is 452 g/mol. The third kappa shape index (κ3) is 5.98. The summed E-state index contributed by atoms with van der Waals surface area (Å²) in [6, 6.07) is 7.90. The van der Waals surface area contributed by atoms with Crippen molar-refractivity contribution in [2.45, 2.75) is 0 Å². The van der Waals surface area contributed by atoms with Crippen molar-refractivity contribution in [1.29, 1.82) is 0 Å². The van der Waals surface area contributed by atoms with Gasteiger partial charge >= 0.3 is 6.03 Å². The molecule has 1 aromatic heterocycles. The van der Waals surface area contributed by atoms with Crippen LogP contribution in [0, 0.1) is 0 Å². The molecule has 1 saturated heterocycles. The van der Waals surface area contributed by atoms with Crippen LogP contribution in [0.2, 0.25) is 10.0 Å². The number of rotatable bonds is 6. The Balaban J connectivity index is 1.49. The molecule has 2 heterocycles. The molecule has 0 unspecified atom stereocenters. The molecule has 3 rings (SSSR count). The van der Waals surface area contributed by atoms with Gasteiger partial charge in [0.05, 0.1) is 18.5 Å². The number of benzene rings is 1. The summed E-state index contributed by atoms with van der Waals surface area (Å²) < 4.78 is 10.3. The van der Waals surface area contributed by atoms with Crippen molar-refractivity contribution in [3.63, 3.8) is 0 Å². The van der Waals surface area contributed by atoms with E-state index in [0.29, 0.717) is 66.6 Å². The van der Waals surface area contributed by atoms with E-state index in [1.54, 1.807) is 47.2 Å². The molecular weight excluding hydrogens is 431 g/mol. The maximum Gasteiger partial charge on any atom is 0.322 e. The first kappa shape index (κ1) is 22.1. The van der Waals surface area contributed by atoms with Gasteiger partial charge in [0.25, 0.3) is 5.91 Å².